The highest BCUT2D eigenvalue weighted by molar-refractivity contribution is 5.68. The number of hydrogen-bond donors (Lipinski definition) is 3. The van der Waals surface area contributed by atoms with Crippen LogP contribution < -0.4 is 10.6 Å². The Kier molecular flexibility index (Phi) is 4.45. The number of piperidine rings is 1. The standard InChI is InChI=1S/C13H24N2O3/c1-10(16)3-2-4-11-9-15-12(17)18-13(11)5-7-14-8-6-13/h10-11,14,16H,2-9H2,1H3,(H,15,17). The average Bonchev–Trinajstić information content (AvgIpc) is 2.33. The molecule has 5 nitrogen and oxygen atoms in total. The van der Waals surface area contributed by atoms with Gasteiger partial charge in [0.25, 0.3) is 0 Å². The summed E-state index contributed by atoms with van der Waals surface area (Å²) in [6.07, 6.45) is 4.09. The molecular formula is C13H24N2O3. The Morgan fingerprint density at radius 3 is 2.89 bits per heavy atom. The molecule has 2 atom stereocenters. The lowest BCUT2D eigenvalue weighted by Gasteiger charge is -2.46. The Morgan fingerprint density at radius 2 is 2.22 bits per heavy atom. The van der Waals surface area contributed by atoms with Gasteiger partial charge in [-0.2, -0.15) is 0 Å². The van der Waals surface area contributed by atoms with E-state index in [0.29, 0.717) is 12.5 Å². The fourth-order valence-corrected chi connectivity index (χ4v) is 3.08. The molecule has 18 heavy (non-hydrogen) atoms. The molecule has 2 heterocycles. The van der Waals surface area contributed by atoms with Crippen LogP contribution in [0.3, 0.4) is 0 Å². The van der Waals surface area contributed by atoms with Gasteiger partial charge in [-0.1, -0.05) is 6.42 Å². The van der Waals surface area contributed by atoms with Gasteiger partial charge in [-0.15, -0.1) is 0 Å². The molecule has 0 aromatic carbocycles. The average molecular weight is 256 g/mol. The fraction of sp³-hybridized carbons (Fsp3) is 0.923. The second kappa shape index (κ2) is 5.89. The van der Waals surface area contributed by atoms with Crippen molar-refractivity contribution in [3.63, 3.8) is 0 Å². The first-order chi connectivity index (χ1) is 8.62. The van der Waals surface area contributed by atoms with Crippen molar-refractivity contribution in [2.45, 2.75) is 50.7 Å². The van der Waals surface area contributed by atoms with E-state index in [2.05, 4.69) is 10.6 Å². The summed E-state index contributed by atoms with van der Waals surface area (Å²) in [7, 11) is 0. The lowest BCUT2D eigenvalue weighted by atomic mass is 9.76. The molecule has 1 spiro atoms. The zero-order chi connectivity index (χ0) is 13.0. The van der Waals surface area contributed by atoms with E-state index in [-0.39, 0.29) is 17.8 Å². The third-order valence-corrected chi connectivity index (χ3v) is 4.16. The number of hydrogen-bond acceptors (Lipinski definition) is 4. The highest BCUT2D eigenvalue weighted by atomic mass is 16.6. The van der Waals surface area contributed by atoms with Crippen molar-refractivity contribution in [2.75, 3.05) is 19.6 Å². The van der Waals surface area contributed by atoms with Crippen LogP contribution >= 0.6 is 0 Å². The van der Waals surface area contributed by atoms with Crippen LogP contribution in [0.4, 0.5) is 4.79 Å². The highest BCUT2D eigenvalue weighted by Gasteiger charge is 2.45. The van der Waals surface area contributed by atoms with Gasteiger partial charge >= 0.3 is 6.09 Å². The van der Waals surface area contributed by atoms with Gasteiger partial charge in [0, 0.05) is 25.3 Å². The number of alkyl carbamates (subject to hydrolysis) is 1. The third kappa shape index (κ3) is 3.14. The van der Waals surface area contributed by atoms with Crippen LogP contribution in [0.15, 0.2) is 0 Å². The molecule has 2 aliphatic heterocycles. The minimum absolute atomic E-state index is 0.243. The molecule has 0 saturated carbocycles. The molecule has 1 amide bonds. The summed E-state index contributed by atoms with van der Waals surface area (Å²) in [6, 6.07) is 0. The molecule has 0 aromatic rings. The number of carbonyl (C=O) groups excluding carboxylic acids is 1. The molecule has 0 bridgehead atoms. The number of carbonyl (C=O) groups is 1. The molecule has 2 fully saturated rings. The molecule has 5 heteroatoms. The Bertz CT molecular complexity index is 288. The van der Waals surface area contributed by atoms with Crippen molar-refractivity contribution in [1.29, 1.82) is 0 Å². The smallest absolute Gasteiger partial charge is 0.407 e. The zero-order valence-corrected chi connectivity index (χ0v) is 11.1. The normalized spacial score (nSPS) is 28.6. The second-order valence-corrected chi connectivity index (χ2v) is 5.56. The summed E-state index contributed by atoms with van der Waals surface area (Å²) in [5, 5.41) is 15.4. The SMILES string of the molecule is CC(O)CCCC1CNC(=O)OC12CCNCC2. The number of amides is 1. The Balaban J connectivity index is 1.94. The van der Waals surface area contributed by atoms with Gasteiger partial charge in [-0.25, -0.2) is 4.79 Å². The summed E-state index contributed by atoms with van der Waals surface area (Å²) in [6.45, 7) is 4.36. The molecule has 2 aliphatic rings. The molecule has 2 rings (SSSR count). The molecule has 3 N–H and O–H groups in total. The molecule has 0 radical (unpaired) electrons. The molecular weight excluding hydrogens is 232 g/mol. The minimum atomic E-state index is -0.274. The van der Waals surface area contributed by atoms with Crippen LogP contribution in [0.1, 0.15) is 39.0 Å². The van der Waals surface area contributed by atoms with Gasteiger partial charge in [0.1, 0.15) is 5.60 Å². The van der Waals surface area contributed by atoms with Gasteiger partial charge in [-0.3, -0.25) is 0 Å². The Hall–Kier alpha value is -0.810. The summed E-state index contributed by atoms with van der Waals surface area (Å²) >= 11 is 0. The van der Waals surface area contributed by atoms with Gasteiger partial charge in [0.2, 0.25) is 0 Å². The van der Waals surface area contributed by atoms with Crippen molar-refractivity contribution in [3.05, 3.63) is 0 Å². The number of nitrogens with one attached hydrogen (secondary N) is 2. The summed E-state index contributed by atoms with van der Waals surface area (Å²) in [4.78, 5) is 11.5. The van der Waals surface area contributed by atoms with E-state index in [1.165, 1.54) is 0 Å². The lowest BCUT2D eigenvalue weighted by molar-refractivity contribution is -0.0773. The largest absolute Gasteiger partial charge is 0.442 e. The first-order valence-corrected chi connectivity index (χ1v) is 6.98. The number of ether oxygens (including phenoxy) is 1. The van der Waals surface area contributed by atoms with Crippen molar-refractivity contribution >= 4 is 6.09 Å². The molecule has 0 aromatic heterocycles. The van der Waals surface area contributed by atoms with E-state index < -0.39 is 0 Å². The predicted octanol–water partition coefficient (Wildman–Crippen LogP) is 1.02. The number of aliphatic hydroxyl groups excluding tert-OH is 1. The first kappa shape index (κ1) is 13.6. The zero-order valence-electron chi connectivity index (χ0n) is 11.1. The molecule has 0 aliphatic carbocycles. The van der Waals surface area contributed by atoms with Crippen LogP contribution in [0, 0.1) is 5.92 Å². The molecule has 2 saturated heterocycles. The van der Waals surface area contributed by atoms with Gasteiger partial charge in [0.15, 0.2) is 0 Å². The van der Waals surface area contributed by atoms with Crippen LogP contribution in [0.5, 0.6) is 0 Å². The van der Waals surface area contributed by atoms with Crippen LogP contribution in [0.25, 0.3) is 0 Å². The quantitative estimate of drug-likeness (QED) is 0.702. The topological polar surface area (TPSA) is 70.6 Å². The van der Waals surface area contributed by atoms with E-state index >= 15 is 0 Å². The maximum absolute atomic E-state index is 11.5. The second-order valence-electron chi connectivity index (χ2n) is 5.56. The minimum Gasteiger partial charge on any atom is -0.442 e. The maximum Gasteiger partial charge on any atom is 0.407 e. The third-order valence-electron chi connectivity index (χ3n) is 4.16. The van der Waals surface area contributed by atoms with Gasteiger partial charge < -0.3 is 20.5 Å². The maximum atomic E-state index is 11.5. The first-order valence-electron chi connectivity index (χ1n) is 6.98. The number of aliphatic hydroxyl groups is 1. The molecule has 2 unspecified atom stereocenters. The van der Waals surface area contributed by atoms with Crippen LogP contribution in [-0.4, -0.2) is 42.5 Å². The van der Waals surface area contributed by atoms with Crippen molar-refractivity contribution < 1.29 is 14.6 Å². The Morgan fingerprint density at radius 1 is 1.50 bits per heavy atom. The highest BCUT2D eigenvalue weighted by Crippen LogP contribution is 2.36. The van der Waals surface area contributed by atoms with Gasteiger partial charge in [-0.05, 0) is 32.9 Å². The van der Waals surface area contributed by atoms with Gasteiger partial charge in [0.05, 0.1) is 6.10 Å². The summed E-state index contributed by atoms with van der Waals surface area (Å²) < 4.78 is 5.63. The summed E-state index contributed by atoms with van der Waals surface area (Å²) in [5.74, 6) is 0.371. The van der Waals surface area contributed by atoms with E-state index in [1.807, 2.05) is 6.92 Å². The van der Waals surface area contributed by atoms with E-state index in [0.717, 1.165) is 45.2 Å². The number of rotatable bonds is 4. The van der Waals surface area contributed by atoms with E-state index in [1.54, 1.807) is 0 Å². The van der Waals surface area contributed by atoms with Crippen molar-refractivity contribution in [2.24, 2.45) is 5.92 Å². The van der Waals surface area contributed by atoms with Crippen molar-refractivity contribution in [3.8, 4) is 0 Å². The summed E-state index contributed by atoms with van der Waals surface area (Å²) in [5.41, 5.74) is -0.272. The van der Waals surface area contributed by atoms with E-state index in [9.17, 15) is 9.90 Å². The van der Waals surface area contributed by atoms with Crippen molar-refractivity contribution in [1.82, 2.24) is 10.6 Å². The fourth-order valence-electron chi connectivity index (χ4n) is 3.08. The van der Waals surface area contributed by atoms with Crippen LogP contribution in [0.2, 0.25) is 0 Å². The Labute approximate surface area is 108 Å². The van der Waals surface area contributed by atoms with Crippen LogP contribution in [-0.2, 0) is 4.74 Å². The van der Waals surface area contributed by atoms with E-state index in [4.69, 9.17) is 4.74 Å². The molecule has 104 valence electrons. The monoisotopic (exact) mass is 256 g/mol. The lowest BCUT2D eigenvalue weighted by Crippen LogP contribution is -2.58. The predicted molar refractivity (Wildman–Crippen MR) is 68.3 cm³/mol.